The summed E-state index contributed by atoms with van der Waals surface area (Å²) in [4.78, 5) is 6.69. The lowest BCUT2D eigenvalue weighted by Crippen LogP contribution is -2.20. The summed E-state index contributed by atoms with van der Waals surface area (Å²) in [6.45, 7) is 3.34. The van der Waals surface area contributed by atoms with Gasteiger partial charge in [-0.3, -0.25) is 4.90 Å². The topological polar surface area (TPSA) is 47.1 Å². The molecule has 0 spiro atoms. The van der Waals surface area contributed by atoms with Crippen molar-refractivity contribution in [2.75, 3.05) is 18.8 Å². The number of nitrogens with two attached hydrogens (primary N) is 1. The molecule has 72 valence electrons. The molecule has 0 aromatic carbocycles. The molecule has 13 heavy (non-hydrogen) atoms. The van der Waals surface area contributed by atoms with Gasteiger partial charge < -0.3 is 10.3 Å². The van der Waals surface area contributed by atoms with E-state index in [0.717, 1.165) is 12.4 Å². The molecule has 0 saturated carbocycles. The highest BCUT2D eigenvalue weighted by atomic mass is 15.2. The van der Waals surface area contributed by atoms with Gasteiger partial charge in [-0.1, -0.05) is 0 Å². The number of hydrogen-bond donors (Lipinski definition) is 1. The molecular weight excluding hydrogens is 164 g/mol. The molecule has 1 aliphatic heterocycles. The summed E-state index contributed by atoms with van der Waals surface area (Å²) in [6, 6.07) is 0. The predicted molar refractivity (Wildman–Crippen MR) is 52.1 cm³/mol. The van der Waals surface area contributed by atoms with Crippen LogP contribution in [-0.2, 0) is 13.6 Å². The fraction of sp³-hybridized carbons (Fsp3) is 0.667. The van der Waals surface area contributed by atoms with Crippen LogP contribution in [-0.4, -0.2) is 27.5 Å². The van der Waals surface area contributed by atoms with E-state index >= 15 is 0 Å². The van der Waals surface area contributed by atoms with Gasteiger partial charge in [0.15, 0.2) is 0 Å². The average Bonchev–Trinajstić information content (AvgIpc) is 2.63. The summed E-state index contributed by atoms with van der Waals surface area (Å²) in [5, 5.41) is 0. The fourth-order valence-corrected chi connectivity index (χ4v) is 1.82. The maximum Gasteiger partial charge on any atom is 0.141 e. The van der Waals surface area contributed by atoms with E-state index in [1.54, 1.807) is 0 Å². The molecule has 2 N–H and O–H groups in total. The van der Waals surface area contributed by atoms with Gasteiger partial charge in [0.2, 0.25) is 0 Å². The smallest absolute Gasteiger partial charge is 0.141 e. The first kappa shape index (κ1) is 8.56. The standard InChI is InChI=1S/C9H16N4/c1-12-6-8(10)11-9(12)7-13-4-2-3-5-13/h6H,2-5,7,10H2,1H3. The summed E-state index contributed by atoms with van der Waals surface area (Å²) in [6.07, 6.45) is 4.51. The third-order valence-corrected chi connectivity index (χ3v) is 2.55. The first-order chi connectivity index (χ1) is 6.25. The predicted octanol–water partition coefficient (Wildman–Crippen LogP) is 0.598. The molecule has 2 rings (SSSR count). The Bertz CT molecular complexity index is 286. The Morgan fingerprint density at radius 2 is 2.15 bits per heavy atom. The maximum absolute atomic E-state index is 5.60. The summed E-state index contributed by atoms with van der Waals surface area (Å²) in [5.41, 5.74) is 5.60. The number of aryl methyl sites for hydroxylation is 1. The van der Waals surface area contributed by atoms with E-state index in [-0.39, 0.29) is 0 Å². The third kappa shape index (κ3) is 1.83. The Balaban J connectivity index is 2.03. The van der Waals surface area contributed by atoms with Gasteiger partial charge in [-0.05, 0) is 25.9 Å². The Labute approximate surface area is 78.4 Å². The molecule has 2 heterocycles. The number of rotatable bonds is 2. The SMILES string of the molecule is Cn1cc(N)nc1CN1CCCC1. The second-order valence-electron chi connectivity index (χ2n) is 3.68. The summed E-state index contributed by atoms with van der Waals surface area (Å²) >= 11 is 0. The zero-order chi connectivity index (χ0) is 9.26. The first-order valence-corrected chi connectivity index (χ1v) is 4.76. The van der Waals surface area contributed by atoms with Crippen LogP contribution in [0.15, 0.2) is 6.20 Å². The number of hydrogen-bond acceptors (Lipinski definition) is 3. The molecule has 1 aliphatic rings. The lowest BCUT2D eigenvalue weighted by molar-refractivity contribution is 0.319. The molecule has 1 saturated heterocycles. The van der Waals surface area contributed by atoms with Crippen molar-refractivity contribution in [1.29, 1.82) is 0 Å². The van der Waals surface area contributed by atoms with E-state index in [9.17, 15) is 0 Å². The highest BCUT2D eigenvalue weighted by Gasteiger charge is 2.14. The van der Waals surface area contributed by atoms with Crippen molar-refractivity contribution >= 4 is 5.82 Å². The molecule has 0 bridgehead atoms. The van der Waals surface area contributed by atoms with E-state index in [0.29, 0.717) is 5.82 Å². The molecule has 4 nitrogen and oxygen atoms in total. The van der Waals surface area contributed by atoms with Crippen LogP contribution in [0, 0.1) is 0 Å². The van der Waals surface area contributed by atoms with Crippen LogP contribution in [0.3, 0.4) is 0 Å². The molecule has 0 atom stereocenters. The van der Waals surface area contributed by atoms with E-state index in [4.69, 9.17) is 5.73 Å². The van der Waals surface area contributed by atoms with E-state index in [1.165, 1.54) is 25.9 Å². The summed E-state index contributed by atoms with van der Waals surface area (Å²) in [7, 11) is 1.99. The quantitative estimate of drug-likeness (QED) is 0.725. The van der Waals surface area contributed by atoms with Gasteiger partial charge in [0, 0.05) is 13.2 Å². The lowest BCUT2D eigenvalue weighted by atomic mass is 10.4. The summed E-state index contributed by atoms with van der Waals surface area (Å²) in [5.74, 6) is 1.69. The van der Waals surface area contributed by atoms with E-state index in [2.05, 4.69) is 9.88 Å². The van der Waals surface area contributed by atoms with Crippen molar-refractivity contribution in [3.05, 3.63) is 12.0 Å². The van der Waals surface area contributed by atoms with Crippen LogP contribution >= 0.6 is 0 Å². The van der Waals surface area contributed by atoms with Gasteiger partial charge in [0.25, 0.3) is 0 Å². The molecule has 1 aromatic rings. The minimum atomic E-state index is 0.622. The molecule has 1 aromatic heterocycles. The zero-order valence-electron chi connectivity index (χ0n) is 8.03. The van der Waals surface area contributed by atoms with Gasteiger partial charge >= 0.3 is 0 Å². The van der Waals surface area contributed by atoms with Gasteiger partial charge in [-0.15, -0.1) is 0 Å². The van der Waals surface area contributed by atoms with Crippen molar-refractivity contribution in [1.82, 2.24) is 14.5 Å². The molecule has 1 fully saturated rings. The van der Waals surface area contributed by atoms with Gasteiger partial charge in [0.1, 0.15) is 11.6 Å². The van der Waals surface area contributed by atoms with Gasteiger partial charge in [-0.2, -0.15) is 0 Å². The number of nitrogen functional groups attached to an aromatic ring is 1. The second kappa shape index (κ2) is 3.38. The van der Waals surface area contributed by atoms with Crippen LogP contribution in [0.5, 0.6) is 0 Å². The summed E-state index contributed by atoms with van der Waals surface area (Å²) < 4.78 is 2.01. The highest BCUT2D eigenvalue weighted by Crippen LogP contribution is 2.12. The van der Waals surface area contributed by atoms with Crippen molar-refractivity contribution in [2.24, 2.45) is 7.05 Å². The number of anilines is 1. The number of likely N-dealkylation sites (tertiary alicyclic amines) is 1. The van der Waals surface area contributed by atoms with Crippen molar-refractivity contribution in [2.45, 2.75) is 19.4 Å². The largest absolute Gasteiger partial charge is 0.382 e. The highest BCUT2D eigenvalue weighted by molar-refractivity contribution is 5.25. The average molecular weight is 180 g/mol. The number of imidazole rings is 1. The fourth-order valence-electron chi connectivity index (χ4n) is 1.82. The third-order valence-electron chi connectivity index (χ3n) is 2.55. The van der Waals surface area contributed by atoms with Crippen LogP contribution in [0.4, 0.5) is 5.82 Å². The van der Waals surface area contributed by atoms with E-state index in [1.807, 2.05) is 17.8 Å². The Morgan fingerprint density at radius 1 is 1.46 bits per heavy atom. The molecular formula is C9H16N4. The van der Waals surface area contributed by atoms with Crippen molar-refractivity contribution in [3.8, 4) is 0 Å². The van der Waals surface area contributed by atoms with Crippen LogP contribution in [0.25, 0.3) is 0 Å². The molecule has 0 aliphatic carbocycles. The Morgan fingerprint density at radius 3 is 2.69 bits per heavy atom. The minimum absolute atomic E-state index is 0.622. The van der Waals surface area contributed by atoms with Gasteiger partial charge in [-0.25, -0.2) is 4.98 Å². The van der Waals surface area contributed by atoms with Crippen LogP contribution in [0.2, 0.25) is 0 Å². The van der Waals surface area contributed by atoms with E-state index < -0.39 is 0 Å². The normalized spacial score (nSPS) is 18.2. The molecule has 0 unspecified atom stereocenters. The van der Waals surface area contributed by atoms with Crippen LogP contribution < -0.4 is 5.73 Å². The number of aromatic nitrogens is 2. The van der Waals surface area contributed by atoms with Crippen molar-refractivity contribution in [3.63, 3.8) is 0 Å². The molecule has 0 amide bonds. The Hall–Kier alpha value is -1.03. The van der Waals surface area contributed by atoms with Crippen LogP contribution in [0.1, 0.15) is 18.7 Å². The lowest BCUT2D eigenvalue weighted by Gasteiger charge is -2.13. The molecule has 4 heteroatoms. The van der Waals surface area contributed by atoms with Gasteiger partial charge in [0.05, 0.1) is 6.54 Å². The molecule has 0 radical (unpaired) electrons. The Kier molecular flexibility index (Phi) is 2.22. The zero-order valence-corrected chi connectivity index (χ0v) is 8.03. The second-order valence-corrected chi connectivity index (χ2v) is 3.68. The maximum atomic E-state index is 5.60. The minimum Gasteiger partial charge on any atom is -0.382 e. The first-order valence-electron chi connectivity index (χ1n) is 4.76. The number of nitrogens with zero attached hydrogens (tertiary/aromatic N) is 3. The monoisotopic (exact) mass is 180 g/mol. The van der Waals surface area contributed by atoms with Crippen molar-refractivity contribution < 1.29 is 0 Å².